The molecule has 2 aromatic rings. The van der Waals surface area contributed by atoms with E-state index in [9.17, 15) is 4.79 Å². The van der Waals surface area contributed by atoms with Gasteiger partial charge in [0.1, 0.15) is 11.5 Å². The maximum atomic E-state index is 11.1. The Hall–Kier alpha value is -1.84. The van der Waals surface area contributed by atoms with Crippen LogP contribution in [0.1, 0.15) is 36.9 Å². The van der Waals surface area contributed by atoms with Gasteiger partial charge in [-0.3, -0.25) is 9.48 Å². The summed E-state index contributed by atoms with van der Waals surface area (Å²) in [6.45, 7) is 7.97. The lowest BCUT2D eigenvalue weighted by atomic mass is 10.1. The number of furan rings is 1. The molecule has 0 radical (unpaired) electrons. The lowest BCUT2D eigenvalue weighted by molar-refractivity contribution is 0.112. The number of aryl methyl sites for hydroxylation is 1. The summed E-state index contributed by atoms with van der Waals surface area (Å²) in [7, 11) is 0. The number of hydrogen-bond acceptors (Lipinski definition) is 3. The Morgan fingerprint density at radius 2 is 2.06 bits per heavy atom. The van der Waals surface area contributed by atoms with Crippen LogP contribution in [0.3, 0.4) is 0 Å². The van der Waals surface area contributed by atoms with Crippen molar-refractivity contribution in [3.63, 3.8) is 0 Å². The van der Waals surface area contributed by atoms with Gasteiger partial charge in [0, 0.05) is 6.20 Å². The standard InChI is InChI=1S/C13H16N2O2/c1-9-5-6-11(17-9)12-10(8-16)7-15(14-12)13(2,3)4/h5-8H,1-4H3. The van der Waals surface area contributed by atoms with E-state index in [1.54, 1.807) is 10.9 Å². The quantitative estimate of drug-likeness (QED) is 0.748. The van der Waals surface area contributed by atoms with Gasteiger partial charge in [-0.15, -0.1) is 0 Å². The van der Waals surface area contributed by atoms with Crippen LogP contribution in [0, 0.1) is 6.92 Å². The third kappa shape index (κ3) is 2.16. The summed E-state index contributed by atoms with van der Waals surface area (Å²) in [5.41, 5.74) is 0.995. The average Bonchev–Trinajstić information content (AvgIpc) is 2.81. The van der Waals surface area contributed by atoms with E-state index in [0.29, 0.717) is 17.0 Å². The summed E-state index contributed by atoms with van der Waals surface area (Å²) in [5, 5.41) is 4.43. The van der Waals surface area contributed by atoms with Crippen molar-refractivity contribution < 1.29 is 9.21 Å². The van der Waals surface area contributed by atoms with Crippen molar-refractivity contribution in [3.05, 3.63) is 29.7 Å². The normalized spacial score (nSPS) is 11.8. The van der Waals surface area contributed by atoms with Crippen LogP contribution in [0.4, 0.5) is 0 Å². The molecule has 0 spiro atoms. The first-order valence-corrected chi connectivity index (χ1v) is 5.54. The second-order valence-corrected chi connectivity index (χ2v) is 5.08. The Kier molecular flexibility index (Phi) is 2.65. The van der Waals surface area contributed by atoms with E-state index in [1.165, 1.54) is 0 Å². The monoisotopic (exact) mass is 232 g/mol. The fraction of sp³-hybridized carbons (Fsp3) is 0.385. The van der Waals surface area contributed by atoms with Crippen LogP contribution in [0.2, 0.25) is 0 Å². The molecular weight excluding hydrogens is 216 g/mol. The molecular formula is C13H16N2O2. The van der Waals surface area contributed by atoms with Crippen molar-refractivity contribution in [2.45, 2.75) is 33.2 Å². The summed E-state index contributed by atoms with van der Waals surface area (Å²) in [5.74, 6) is 1.44. The zero-order valence-electron chi connectivity index (χ0n) is 10.5. The molecule has 17 heavy (non-hydrogen) atoms. The molecule has 90 valence electrons. The van der Waals surface area contributed by atoms with Crippen LogP contribution in [-0.2, 0) is 5.54 Å². The Bertz CT molecular complexity index is 544. The van der Waals surface area contributed by atoms with E-state index in [1.807, 2.05) is 39.8 Å². The van der Waals surface area contributed by atoms with Gasteiger partial charge in [-0.1, -0.05) is 0 Å². The molecule has 0 N–H and O–H groups in total. The van der Waals surface area contributed by atoms with E-state index in [4.69, 9.17) is 4.42 Å². The Labute approximate surface area is 100 Å². The fourth-order valence-corrected chi connectivity index (χ4v) is 1.57. The zero-order chi connectivity index (χ0) is 12.6. The molecule has 2 rings (SSSR count). The molecule has 0 aliphatic rings. The molecule has 0 unspecified atom stereocenters. The molecule has 0 amide bonds. The molecule has 4 nitrogen and oxygen atoms in total. The van der Waals surface area contributed by atoms with Crippen LogP contribution >= 0.6 is 0 Å². The van der Waals surface area contributed by atoms with Crippen LogP contribution in [-0.4, -0.2) is 16.1 Å². The van der Waals surface area contributed by atoms with E-state index < -0.39 is 0 Å². The SMILES string of the molecule is Cc1ccc(-c2nn(C(C)(C)C)cc2C=O)o1. The second kappa shape index (κ2) is 3.87. The van der Waals surface area contributed by atoms with E-state index in [0.717, 1.165) is 12.0 Å². The molecule has 0 saturated heterocycles. The molecule has 0 aliphatic heterocycles. The summed E-state index contributed by atoms with van der Waals surface area (Å²) in [6, 6.07) is 3.69. The van der Waals surface area contributed by atoms with Gasteiger partial charge in [0.15, 0.2) is 12.0 Å². The number of nitrogens with zero attached hydrogens (tertiary/aromatic N) is 2. The van der Waals surface area contributed by atoms with Crippen LogP contribution in [0.15, 0.2) is 22.7 Å². The highest BCUT2D eigenvalue weighted by atomic mass is 16.3. The van der Waals surface area contributed by atoms with Crippen LogP contribution in [0.5, 0.6) is 0 Å². The van der Waals surface area contributed by atoms with Crippen LogP contribution in [0.25, 0.3) is 11.5 Å². The van der Waals surface area contributed by atoms with Gasteiger partial charge >= 0.3 is 0 Å². The van der Waals surface area contributed by atoms with Crippen molar-refractivity contribution in [2.24, 2.45) is 0 Å². The van der Waals surface area contributed by atoms with E-state index >= 15 is 0 Å². The van der Waals surface area contributed by atoms with Crippen LogP contribution < -0.4 is 0 Å². The predicted octanol–water partition coefficient (Wildman–Crippen LogP) is 3.02. The highest BCUT2D eigenvalue weighted by Gasteiger charge is 2.20. The largest absolute Gasteiger partial charge is 0.460 e. The van der Waals surface area contributed by atoms with Crippen molar-refractivity contribution in [1.29, 1.82) is 0 Å². The minimum Gasteiger partial charge on any atom is -0.460 e. The number of aldehydes is 1. The predicted molar refractivity (Wildman–Crippen MR) is 65.0 cm³/mol. The maximum absolute atomic E-state index is 11.1. The molecule has 0 bridgehead atoms. The number of hydrogen-bond donors (Lipinski definition) is 0. The Morgan fingerprint density at radius 3 is 2.53 bits per heavy atom. The first-order valence-electron chi connectivity index (χ1n) is 5.54. The van der Waals surface area contributed by atoms with Gasteiger partial charge in [0.25, 0.3) is 0 Å². The van der Waals surface area contributed by atoms with Gasteiger partial charge in [0.2, 0.25) is 0 Å². The fourth-order valence-electron chi connectivity index (χ4n) is 1.57. The minimum absolute atomic E-state index is 0.155. The van der Waals surface area contributed by atoms with E-state index in [-0.39, 0.29) is 5.54 Å². The molecule has 2 aromatic heterocycles. The lowest BCUT2D eigenvalue weighted by Crippen LogP contribution is -2.22. The Morgan fingerprint density at radius 1 is 1.35 bits per heavy atom. The topological polar surface area (TPSA) is 48.0 Å². The molecule has 0 saturated carbocycles. The summed E-state index contributed by atoms with van der Waals surface area (Å²) in [4.78, 5) is 11.1. The van der Waals surface area contributed by atoms with Crippen molar-refractivity contribution in [3.8, 4) is 11.5 Å². The molecule has 0 atom stereocenters. The molecule has 0 aliphatic carbocycles. The lowest BCUT2D eigenvalue weighted by Gasteiger charge is -2.18. The average molecular weight is 232 g/mol. The number of aromatic nitrogens is 2. The first kappa shape index (κ1) is 11.6. The summed E-state index contributed by atoms with van der Waals surface area (Å²) >= 11 is 0. The smallest absolute Gasteiger partial charge is 0.155 e. The molecule has 0 fully saturated rings. The first-order chi connectivity index (χ1) is 7.91. The molecule has 4 heteroatoms. The van der Waals surface area contributed by atoms with Gasteiger partial charge in [-0.05, 0) is 39.8 Å². The number of carbonyl (C=O) groups is 1. The van der Waals surface area contributed by atoms with Gasteiger partial charge in [-0.25, -0.2) is 0 Å². The highest BCUT2D eigenvalue weighted by molar-refractivity contribution is 5.84. The zero-order valence-corrected chi connectivity index (χ0v) is 10.5. The summed E-state index contributed by atoms with van der Waals surface area (Å²) < 4.78 is 7.28. The maximum Gasteiger partial charge on any atom is 0.155 e. The second-order valence-electron chi connectivity index (χ2n) is 5.08. The minimum atomic E-state index is -0.155. The third-order valence-corrected chi connectivity index (χ3v) is 2.53. The molecule has 0 aromatic carbocycles. The van der Waals surface area contributed by atoms with E-state index in [2.05, 4.69) is 5.10 Å². The summed E-state index contributed by atoms with van der Waals surface area (Å²) in [6.07, 6.45) is 2.56. The number of carbonyl (C=O) groups excluding carboxylic acids is 1. The highest BCUT2D eigenvalue weighted by Crippen LogP contribution is 2.25. The van der Waals surface area contributed by atoms with Gasteiger partial charge in [0.05, 0.1) is 11.1 Å². The van der Waals surface area contributed by atoms with Gasteiger partial charge in [-0.2, -0.15) is 5.10 Å². The third-order valence-electron chi connectivity index (χ3n) is 2.53. The number of rotatable bonds is 2. The Balaban J connectivity index is 2.54. The van der Waals surface area contributed by atoms with Crippen molar-refractivity contribution in [1.82, 2.24) is 9.78 Å². The van der Waals surface area contributed by atoms with Gasteiger partial charge < -0.3 is 4.42 Å². The molecule has 2 heterocycles. The van der Waals surface area contributed by atoms with Crippen molar-refractivity contribution >= 4 is 6.29 Å². The van der Waals surface area contributed by atoms with Crippen molar-refractivity contribution in [2.75, 3.05) is 0 Å².